The Morgan fingerprint density at radius 2 is 2.26 bits per heavy atom. The van der Waals surface area contributed by atoms with Gasteiger partial charge in [0.25, 0.3) is 0 Å². The summed E-state index contributed by atoms with van der Waals surface area (Å²) < 4.78 is 2.06. The van der Waals surface area contributed by atoms with E-state index in [0.29, 0.717) is 6.54 Å². The fourth-order valence-electron chi connectivity index (χ4n) is 2.70. The summed E-state index contributed by atoms with van der Waals surface area (Å²) in [5.41, 5.74) is 1.87. The number of aromatic amines is 1. The van der Waals surface area contributed by atoms with Gasteiger partial charge in [0.05, 0.1) is 12.0 Å². The number of amides is 1. The molecule has 0 fully saturated rings. The monoisotopic (exact) mass is 360 g/mol. The Kier molecular flexibility index (Phi) is 7.54. The van der Waals surface area contributed by atoms with Crippen molar-refractivity contribution in [2.24, 2.45) is 0 Å². The third-order valence-corrected chi connectivity index (χ3v) is 3.78. The molecule has 128 valence electrons. The zero-order chi connectivity index (χ0) is 14.7. The highest BCUT2D eigenvalue weighted by molar-refractivity contribution is 5.85. The maximum absolute atomic E-state index is 12.3. The highest BCUT2D eigenvalue weighted by Crippen LogP contribution is 2.18. The van der Waals surface area contributed by atoms with Crippen molar-refractivity contribution in [2.75, 3.05) is 13.1 Å². The summed E-state index contributed by atoms with van der Waals surface area (Å²) in [6, 6.07) is -0.353. The number of nitrogens with zero attached hydrogens (tertiary/aromatic N) is 3. The quantitative estimate of drug-likeness (QED) is 0.742. The second-order valence-electron chi connectivity index (χ2n) is 5.08. The third kappa shape index (κ3) is 4.25. The molecule has 1 unspecified atom stereocenters. The summed E-state index contributed by atoms with van der Waals surface area (Å²) in [4.78, 5) is 23.9. The number of imidazole rings is 2. The lowest BCUT2D eigenvalue weighted by Crippen LogP contribution is -2.42. The molecule has 1 amide bonds. The summed E-state index contributed by atoms with van der Waals surface area (Å²) in [6.07, 6.45) is 7.15. The predicted molar refractivity (Wildman–Crippen MR) is 92.1 cm³/mol. The van der Waals surface area contributed by atoms with E-state index in [2.05, 4.69) is 37.1 Å². The molecule has 1 aliphatic rings. The minimum atomic E-state index is -0.353. The number of nitrogens with one attached hydrogen (secondary N) is 3. The van der Waals surface area contributed by atoms with Gasteiger partial charge < -0.3 is 20.2 Å². The number of aromatic nitrogens is 4. The molecular formula is C14H22Cl2N6O. The Balaban J connectivity index is 0.00000132. The topological polar surface area (TPSA) is 87.6 Å². The Morgan fingerprint density at radius 1 is 1.43 bits per heavy atom. The molecule has 0 radical (unpaired) electrons. The fraction of sp³-hybridized carbons (Fsp3) is 0.500. The van der Waals surface area contributed by atoms with Crippen molar-refractivity contribution in [1.82, 2.24) is 30.2 Å². The fourth-order valence-corrected chi connectivity index (χ4v) is 2.70. The smallest absolute Gasteiger partial charge is 0.243 e. The van der Waals surface area contributed by atoms with E-state index in [1.807, 2.05) is 6.20 Å². The van der Waals surface area contributed by atoms with Crippen molar-refractivity contribution in [3.05, 3.63) is 35.9 Å². The number of aryl methyl sites for hydroxylation is 1. The molecule has 7 nitrogen and oxygen atoms in total. The minimum absolute atomic E-state index is 0. The summed E-state index contributed by atoms with van der Waals surface area (Å²) in [7, 11) is 0. The van der Waals surface area contributed by atoms with Gasteiger partial charge in [-0.05, 0) is 0 Å². The van der Waals surface area contributed by atoms with Crippen LogP contribution in [0.4, 0.5) is 0 Å². The first-order chi connectivity index (χ1) is 10.3. The van der Waals surface area contributed by atoms with Crippen molar-refractivity contribution in [3.63, 3.8) is 0 Å². The highest BCUT2D eigenvalue weighted by Gasteiger charge is 2.27. The van der Waals surface area contributed by atoms with Crippen LogP contribution < -0.4 is 10.6 Å². The lowest BCUT2D eigenvalue weighted by atomic mass is 10.1. The number of fused-ring (bicyclic) bond motifs is 1. The summed E-state index contributed by atoms with van der Waals surface area (Å²) in [6.45, 7) is 4.17. The molecule has 2 aromatic heterocycles. The molecule has 0 aromatic carbocycles. The first-order valence-electron chi connectivity index (χ1n) is 7.33. The first kappa shape index (κ1) is 19.5. The first-order valence-corrected chi connectivity index (χ1v) is 7.33. The number of H-pyrrole nitrogens is 1. The van der Waals surface area contributed by atoms with Gasteiger partial charge in [0.15, 0.2) is 0 Å². The van der Waals surface area contributed by atoms with Gasteiger partial charge in [0, 0.05) is 50.6 Å². The number of carbonyl (C=O) groups excluding carboxylic acids is 1. The summed E-state index contributed by atoms with van der Waals surface area (Å²) in [5.74, 6) is 1.01. The molecule has 3 N–H and O–H groups in total. The zero-order valence-corrected chi connectivity index (χ0v) is 14.5. The van der Waals surface area contributed by atoms with Crippen LogP contribution in [0.5, 0.6) is 0 Å². The molecular weight excluding hydrogens is 339 g/mol. The van der Waals surface area contributed by atoms with E-state index in [4.69, 9.17) is 0 Å². The zero-order valence-electron chi connectivity index (χ0n) is 12.9. The average molecular weight is 361 g/mol. The third-order valence-electron chi connectivity index (χ3n) is 3.78. The standard InChI is InChI=1S/C14H20N6O.2ClH/c1-2-11-15-5-7-20(11)8-6-17-14(21)13-12-10(3-4-16-13)18-9-19-12;;/h5,7,9,13,16H,2-4,6,8H2,1H3,(H,17,21)(H,18,19);2*1H. The van der Waals surface area contributed by atoms with Crippen molar-refractivity contribution in [1.29, 1.82) is 0 Å². The van der Waals surface area contributed by atoms with Crippen LogP contribution in [0.2, 0.25) is 0 Å². The number of rotatable bonds is 5. The van der Waals surface area contributed by atoms with Gasteiger partial charge in [-0.3, -0.25) is 4.79 Å². The van der Waals surface area contributed by atoms with Gasteiger partial charge >= 0.3 is 0 Å². The maximum Gasteiger partial charge on any atom is 0.243 e. The van der Waals surface area contributed by atoms with Crippen LogP contribution in [0, 0.1) is 0 Å². The van der Waals surface area contributed by atoms with Crippen molar-refractivity contribution in [3.8, 4) is 0 Å². The van der Waals surface area contributed by atoms with E-state index in [1.165, 1.54) is 0 Å². The number of halogens is 2. The van der Waals surface area contributed by atoms with Gasteiger partial charge in [-0.2, -0.15) is 0 Å². The average Bonchev–Trinajstić information content (AvgIpc) is 3.14. The van der Waals surface area contributed by atoms with Gasteiger partial charge in [-0.15, -0.1) is 24.8 Å². The molecule has 1 atom stereocenters. The predicted octanol–water partition coefficient (Wildman–Crippen LogP) is 1.02. The highest BCUT2D eigenvalue weighted by atomic mass is 35.5. The number of hydrogen-bond acceptors (Lipinski definition) is 4. The molecule has 0 saturated carbocycles. The second kappa shape index (κ2) is 8.90. The van der Waals surface area contributed by atoms with Crippen molar-refractivity contribution in [2.45, 2.75) is 32.4 Å². The van der Waals surface area contributed by atoms with Crippen LogP contribution in [-0.2, 0) is 24.2 Å². The van der Waals surface area contributed by atoms with E-state index in [0.717, 1.165) is 43.1 Å². The Labute approximate surface area is 147 Å². The van der Waals surface area contributed by atoms with Crippen LogP contribution in [0.25, 0.3) is 0 Å². The van der Waals surface area contributed by atoms with Gasteiger partial charge in [-0.1, -0.05) is 6.92 Å². The van der Waals surface area contributed by atoms with Gasteiger partial charge in [0.2, 0.25) is 5.91 Å². The molecule has 2 aromatic rings. The Bertz CT molecular complexity index is 626. The van der Waals surface area contributed by atoms with E-state index in [9.17, 15) is 4.79 Å². The molecule has 3 rings (SSSR count). The van der Waals surface area contributed by atoms with Gasteiger partial charge in [-0.25, -0.2) is 9.97 Å². The lowest BCUT2D eigenvalue weighted by molar-refractivity contribution is -0.123. The van der Waals surface area contributed by atoms with Crippen LogP contribution in [-0.4, -0.2) is 38.5 Å². The molecule has 23 heavy (non-hydrogen) atoms. The van der Waals surface area contributed by atoms with Crippen LogP contribution in [0.3, 0.4) is 0 Å². The number of carbonyl (C=O) groups is 1. The van der Waals surface area contributed by atoms with Crippen molar-refractivity contribution < 1.29 is 4.79 Å². The molecule has 0 spiro atoms. The Morgan fingerprint density at radius 3 is 3.04 bits per heavy atom. The van der Waals surface area contributed by atoms with E-state index >= 15 is 0 Å². The second-order valence-corrected chi connectivity index (χ2v) is 5.08. The molecule has 0 aliphatic carbocycles. The summed E-state index contributed by atoms with van der Waals surface area (Å²) in [5, 5.41) is 6.18. The van der Waals surface area contributed by atoms with Crippen LogP contribution in [0.15, 0.2) is 18.7 Å². The van der Waals surface area contributed by atoms with E-state index < -0.39 is 0 Å². The molecule has 1 aliphatic heterocycles. The van der Waals surface area contributed by atoms with Crippen LogP contribution >= 0.6 is 24.8 Å². The van der Waals surface area contributed by atoms with Crippen molar-refractivity contribution >= 4 is 30.7 Å². The van der Waals surface area contributed by atoms with Crippen LogP contribution in [0.1, 0.15) is 30.2 Å². The molecule has 0 saturated heterocycles. The molecule has 9 heteroatoms. The SMILES string of the molecule is CCc1nccn1CCNC(=O)C1NCCc2[nH]cnc21.Cl.Cl. The number of hydrogen-bond donors (Lipinski definition) is 3. The van der Waals surface area contributed by atoms with Gasteiger partial charge in [0.1, 0.15) is 11.9 Å². The maximum atomic E-state index is 12.3. The normalized spacial score (nSPS) is 16.0. The van der Waals surface area contributed by atoms with E-state index in [1.54, 1.807) is 12.5 Å². The lowest BCUT2D eigenvalue weighted by Gasteiger charge is -2.22. The summed E-state index contributed by atoms with van der Waals surface area (Å²) >= 11 is 0. The molecule has 3 heterocycles. The minimum Gasteiger partial charge on any atom is -0.353 e. The largest absolute Gasteiger partial charge is 0.353 e. The molecule has 0 bridgehead atoms. The van der Waals surface area contributed by atoms with E-state index in [-0.39, 0.29) is 36.8 Å². The Hall–Kier alpha value is -1.57.